The maximum Gasteiger partial charge on any atom is 0.178 e. The van der Waals surface area contributed by atoms with Crippen LogP contribution in [0.1, 0.15) is 37.3 Å². The van der Waals surface area contributed by atoms with E-state index in [1.54, 1.807) is 6.92 Å². The number of nitrogens with zero attached hydrogens (tertiary/aromatic N) is 1. The fraction of sp³-hybridized carbons (Fsp3) is 0.500. The second-order valence-corrected chi connectivity index (χ2v) is 5.77. The van der Waals surface area contributed by atoms with Gasteiger partial charge in [0.25, 0.3) is 0 Å². The molecule has 0 aliphatic heterocycles. The molecule has 0 bridgehead atoms. The van der Waals surface area contributed by atoms with Gasteiger partial charge in [0.15, 0.2) is 4.77 Å². The zero-order valence-corrected chi connectivity index (χ0v) is 11.6. The maximum absolute atomic E-state index is 13.6. The minimum Gasteiger partial charge on any atom is -0.393 e. The van der Waals surface area contributed by atoms with E-state index in [-0.39, 0.29) is 11.9 Å². The first-order valence-electron chi connectivity index (χ1n) is 6.64. The molecule has 0 saturated heterocycles. The largest absolute Gasteiger partial charge is 0.393 e. The van der Waals surface area contributed by atoms with E-state index in [0.29, 0.717) is 16.4 Å². The zero-order chi connectivity index (χ0) is 13.6. The van der Waals surface area contributed by atoms with Gasteiger partial charge in [-0.1, -0.05) is 0 Å². The minimum atomic E-state index is -0.213. The average molecular weight is 280 g/mol. The molecule has 5 heteroatoms. The summed E-state index contributed by atoms with van der Waals surface area (Å²) in [6.45, 7) is 1.76. The Morgan fingerprint density at radius 1 is 1.32 bits per heavy atom. The van der Waals surface area contributed by atoms with Crippen molar-refractivity contribution >= 4 is 23.3 Å². The maximum atomic E-state index is 13.6. The minimum absolute atomic E-state index is 0.185. The molecule has 2 aromatic rings. The molecule has 0 amide bonds. The number of aliphatic hydroxyl groups excluding tert-OH is 1. The van der Waals surface area contributed by atoms with Crippen LogP contribution in [0.3, 0.4) is 0 Å². The van der Waals surface area contributed by atoms with Crippen molar-refractivity contribution in [3.05, 3.63) is 28.3 Å². The number of aromatic amines is 1. The molecule has 102 valence electrons. The summed E-state index contributed by atoms with van der Waals surface area (Å²) >= 11 is 5.37. The smallest absolute Gasteiger partial charge is 0.178 e. The Morgan fingerprint density at radius 3 is 2.68 bits per heavy atom. The summed E-state index contributed by atoms with van der Waals surface area (Å²) in [5.74, 6) is -0.213. The van der Waals surface area contributed by atoms with Gasteiger partial charge < -0.3 is 14.7 Å². The Morgan fingerprint density at radius 2 is 2.00 bits per heavy atom. The highest BCUT2D eigenvalue weighted by atomic mass is 32.1. The van der Waals surface area contributed by atoms with Crippen LogP contribution in [0, 0.1) is 17.5 Å². The van der Waals surface area contributed by atoms with Crippen molar-refractivity contribution < 1.29 is 9.50 Å². The molecule has 0 spiro atoms. The van der Waals surface area contributed by atoms with Crippen LogP contribution in [-0.2, 0) is 0 Å². The van der Waals surface area contributed by atoms with E-state index in [9.17, 15) is 9.50 Å². The Bertz CT molecular complexity index is 668. The molecule has 19 heavy (non-hydrogen) atoms. The number of fused-ring (bicyclic) bond motifs is 1. The highest BCUT2D eigenvalue weighted by molar-refractivity contribution is 7.71. The molecule has 1 saturated carbocycles. The molecule has 1 fully saturated rings. The fourth-order valence-corrected chi connectivity index (χ4v) is 3.29. The fourth-order valence-electron chi connectivity index (χ4n) is 2.93. The van der Waals surface area contributed by atoms with Crippen molar-refractivity contribution in [1.29, 1.82) is 0 Å². The predicted octanol–water partition coefficient (Wildman–Crippen LogP) is 3.62. The lowest BCUT2D eigenvalue weighted by Crippen LogP contribution is -2.21. The van der Waals surface area contributed by atoms with Gasteiger partial charge in [0, 0.05) is 6.04 Å². The number of imidazole rings is 1. The summed E-state index contributed by atoms with van der Waals surface area (Å²) in [6, 6.07) is 3.66. The number of hydrogen-bond acceptors (Lipinski definition) is 2. The molecule has 0 atom stereocenters. The number of aromatic nitrogens is 2. The topological polar surface area (TPSA) is 41.0 Å². The number of nitrogens with one attached hydrogen (secondary N) is 1. The summed E-state index contributed by atoms with van der Waals surface area (Å²) in [4.78, 5) is 3.08. The molecule has 0 radical (unpaired) electrons. The summed E-state index contributed by atoms with van der Waals surface area (Å²) in [5.41, 5.74) is 2.34. The number of aryl methyl sites for hydroxylation is 1. The van der Waals surface area contributed by atoms with Crippen LogP contribution in [0.2, 0.25) is 0 Å². The summed E-state index contributed by atoms with van der Waals surface area (Å²) in [7, 11) is 0. The van der Waals surface area contributed by atoms with E-state index in [1.807, 2.05) is 6.07 Å². The number of halogens is 1. The van der Waals surface area contributed by atoms with Crippen molar-refractivity contribution in [2.75, 3.05) is 0 Å². The van der Waals surface area contributed by atoms with Crippen molar-refractivity contribution in [1.82, 2.24) is 9.55 Å². The van der Waals surface area contributed by atoms with E-state index in [2.05, 4.69) is 9.55 Å². The predicted molar refractivity (Wildman–Crippen MR) is 75.3 cm³/mol. The quantitative estimate of drug-likeness (QED) is 0.783. The standard InChI is InChI=1S/C14H17FN2OS/c1-8-6-13-12(7-11(8)15)16-14(19)17(13)9-2-4-10(18)5-3-9/h6-7,9-10,18H,2-5H2,1H3,(H,16,19). The van der Waals surface area contributed by atoms with Crippen LogP contribution in [0.15, 0.2) is 12.1 Å². The van der Waals surface area contributed by atoms with Crippen molar-refractivity contribution in [2.45, 2.75) is 44.8 Å². The van der Waals surface area contributed by atoms with Crippen LogP contribution >= 0.6 is 12.2 Å². The van der Waals surface area contributed by atoms with E-state index in [1.165, 1.54) is 6.07 Å². The highest BCUT2D eigenvalue weighted by Gasteiger charge is 2.23. The summed E-state index contributed by atoms with van der Waals surface area (Å²) in [5, 5.41) is 9.59. The first-order valence-corrected chi connectivity index (χ1v) is 7.05. The third-order valence-corrected chi connectivity index (χ3v) is 4.33. The van der Waals surface area contributed by atoms with Crippen molar-refractivity contribution in [3.8, 4) is 0 Å². The molecule has 1 aromatic heterocycles. The molecule has 1 heterocycles. The molecule has 3 rings (SSSR count). The molecular formula is C14H17FN2OS. The number of H-pyrrole nitrogens is 1. The molecule has 1 aliphatic carbocycles. The number of hydrogen-bond donors (Lipinski definition) is 2. The Hall–Kier alpha value is -1.20. The van der Waals surface area contributed by atoms with E-state index in [4.69, 9.17) is 12.2 Å². The molecule has 2 N–H and O–H groups in total. The second-order valence-electron chi connectivity index (χ2n) is 5.38. The van der Waals surface area contributed by atoms with E-state index < -0.39 is 0 Å². The lowest BCUT2D eigenvalue weighted by Gasteiger charge is -2.27. The highest BCUT2D eigenvalue weighted by Crippen LogP contribution is 2.32. The van der Waals surface area contributed by atoms with Crippen LogP contribution in [-0.4, -0.2) is 20.8 Å². The molecule has 1 aromatic carbocycles. The van der Waals surface area contributed by atoms with Gasteiger partial charge in [-0.2, -0.15) is 0 Å². The third-order valence-electron chi connectivity index (χ3n) is 4.03. The van der Waals surface area contributed by atoms with Crippen LogP contribution in [0.5, 0.6) is 0 Å². The van der Waals surface area contributed by atoms with Gasteiger partial charge >= 0.3 is 0 Å². The molecule has 1 aliphatic rings. The van der Waals surface area contributed by atoms with Crippen molar-refractivity contribution in [3.63, 3.8) is 0 Å². The average Bonchev–Trinajstić information content (AvgIpc) is 2.67. The van der Waals surface area contributed by atoms with Gasteiger partial charge in [-0.3, -0.25) is 0 Å². The first kappa shape index (κ1) is 12.8. The number of aliphatic hydroxyl groups is 1. The lowest BCUT2D eigenvalue weighted by molar-refractivity contribution is 0.111. The Kier molecular flexibility index (Phi) is 3.19. The van der Waals surface area contributed by atoms with Crippen LogP contribution in [0.4, 0.5) is 4.39 Å². The zero-order valence-electron chi connectivity index (χ0n) is 10.8. The normalized spacial score (nSPS) is 23.9. The SMILES string of the molecule is Cc1cc2c(cc1F)[nH]c(=S)n2C1CCC(O)CC1. The first-order chi connectivity index (χ1) is 9.06. The Labute approximate surface area is 116 Å². The van der Waals surface area contributed by atoms with Gasteiger partial charge in [-0.05, 0) is 62.5 Å². The summed E-state index contributed by atoms with van der Waals surface area (Å²) < 4.78 is 16.3. The van der Waals surface area contributed by atoms with Crippen LogP contribution in [0.25, 0.3) is 11.0 Å². The van der Waals surface area contributed by atoms with Crippen molar-refractivity contribution in [2.24, 2.45) is 0 Å². The molecule has 3 nitrogen and oxygen atoms in total. The van der Waals surface area contributed by atoms with Gasteiger partial charge in [0.1, 0.15) is 5.82 Å². The van der Waals surface area contributed by atoms with E-state index in [0.717, 1.165) is 36.7 Å². The third kappa shape index (κ3) is 2.21. The van der Waals surface area contributed by atoms with Gasteiger partial charge in [0.2, 0.25) is 0 Å². The number of rotatable bonds is 1. The molecule has 0 unspecified atom stereocenters. The lowest BCUT2D eigenvalue weighted by atomic mass is 9.93. The van der Waals surface area contributed by atoms with E-state index >= 15 is 0 Å². The van der Waals surface area contributed by atoms with Gasteiger partial charge in [-0.15, -0.1) is 0 Å². The number of benzene rings is 1. The van der Waals surface area contributed by atoms with Crippen LogP contribution < -0.4 is 0 Å². The monoisotopic (exact) mass is 280 g/mol. The van der Waals surface area contributed by atoms with Gasteiger partial charge in [0.05, 0.1) is 17.1 Å². The Balaban J connectivity index is 2.10. The molecular weight excluding hydrogens is 263 g/mol. The summed E-state index contributed by atoms with van der Waals surface area (Å²) in [6.07, 6.45) is 3.26. The van der Waals surface area contributed by atoms with Gasteiger partial charge in [-0.25, -0.2) is 4.39 Å². The second kappa shape index (κ2) is 4.72.